The van der Waals surface area contributed by atoms with Crippen molar-refractivity contribution in [2.24, 2.45) is 5.16 Å². The Morgan fingerprint density at radius 3 is 2.52 bits per heavy atom. The number of oxime groups is 1. The van der Waals surface area contributed by atoms with E-state index in [0.29, 0.717) is 11.3 Å². The molecular weight excluding hydrogens is 321 g/mol. The summed E-state index contributed by atoms with van der Waals surface area (Å²) in [6.45, 7) is 3.23. The van der Waals surface area contributed by atoms with Crippen molar-refractivity contribution in [2.45, 2.75) is 20.0 Å². The molecule has 0 radical (unpaired) electrons. The minimum atomic E-state index is -0.804. The first kappa shape index (κ1) is 18.4. The van der Waals surface area contributed by atoms with Gasteiger partial charge in [0.2, 0.25) is 6.10 Å². The largest absolute Gasteiger partial charge is 0.383 e. The van der Waals surface area contributed by atoms with E-state index in [4.69, 9.17) is 4.84 Å². The van der Waals surface area contributed by atoms with Crippen LogP contribution in [0.15, 0.2) is 47.6 Å². The summed E-state index contributed by atoms with van der Waals surface area (Å²) in [7, 11) is 3.93. The third-order valence-electron chi connectivity index (χ3n) is 3.64. The van der Waals surface area contributed by atoms with E-state index in [0.717, 1.165) is 11.3 Å². The van der Waals surface area contributed by atoms with Gasteiger partial charge in [-0.1, -0.05) is 23.4 Å². The first-order valence-corrected chi connectivity index (χ1v) is 7.90. The summed E-state index contributed by atoms with van der Waals surface area (Å²) in [5.74, 6) is -0.770. The van der Waals surface area contributed by atoms with Gasteiger partial charge in [-0.25, -0.2) is 4.39 Å². The van der Waals surface area contributed by atoms with Crippen LogP contribution in [-0.2, 0) is 9.63 Å². The lowest BCUT2D eigenvalue weighted by Crippen LogP contribution is -2.26. The van der Waals surface area contributed by atoms with Gasteiger partial charge in [-0.15, -0.1) is 0 Å². The van der Waals surface area contributed by atoms with Crippen molar-refractivity contribution in [1.82, 2.24) is 0 Å². The SMILES string of the molecule is Cc1ccc(NC(=O)C(C)O/N=C/c2ccc(N(C)C)cc2)cc1F. The number of hydrogen-bond donors (Lipinski definition) is 1. The molecule has 1 atom stereocenters. The maximum atomic E-state index is 13.5. The molecule has 1 N–H and O–H groups in total. The molecule has 0 heterocycles. The van der Waals surface area contributed by atoms with Gasteiger partial charge in [0.15, 0.2) is 0 Å². The number of aryl methyl sites for hydroxylation is 1. The van der Waals surface area contributed by atoms with Crippen LogP contribution in [0.1, 0.15) is 18.1 Å². The number of halogens is 1. The number of benzene rings is 2. The van der Waals surface area contributed by atoms with E-state index < -0.39 is 12.0 Å². The minimum Gasteiger partial charge on any atom is -0.383 e. The fourth-order valence-corrected chi connectivity index (χ4v) is 2.00. The molecule has 0 fully saturated rings. The van der Waals surface area contributed by atoms with E-state index in [9.17, 15) is 9.18 Å². The first-order valence-electron chi connectivity index (χ1n) is 7.90. The molecule has 25 heavy (non-hydrogen) atoms. The van der Waals surface area contributed by atoms with Gasteiger partial charge in [0.1, 0.15) is 5.82 Å². The Kier molecular flexibility index (Phi) is 6.11. The maximum Gasteiger partial charge on any atom is 0.267 e. The highest BCUT2D eigenvalue weighted by atomic mass is 19.1. The highest BCUT2D eigenvalue weighted by Gasteiger charge is 2.14. The predicted molar refractivity (Wildman–Crippen MR) is 98.7 cm³/mol. The Hall–Kier alpha value is -2.89. The summed E-state index contributed by atoms with van der Waals surface area (Å²) >= 11 is 0. The van der Waals surface area contributed by atoms with Gasteiger partial charge in [0, 0.05) is 25.5 Å². The highest BCUT2D eigenvalue weighted by Crippen LogP contribution is 2.14. The minimum absolute atomic E-state index is 0.370. The molecule has 0 bridgehead atoms. The zero-order chi connectivity index (χ0) is 18.4. The highest BCUT2D eigenvalue weighted by molar-refractivity contribution is 5.94. The quantitative estimate of drug-likeness (QED) is 0.644. The Morgan fingerprint density at radius 2 is 1.92 bits per heavy atom. The number of hydrogen-bond acceptors (Lipinski definition) is 4. The first-order chi connectivity index (χ1) is 11.9. The van der Waals surface area contributed by atoms with E-state index >= 15 is 0 Å². The van der Waals surface area contributed by atoms with Crippen LogP contribution in [-0.4, -0.2) is 32.3 Å². The number of carbonyl (C=O) groups excluding carboxylic acids is 1. The van der Waals surface area contributed by atoms with Crippen LogP contribution in [0.2, 0.25) is 0 Å². The van der Waals surface area contributed by atoms with Crippen LogP contribution in [0.3, 0.4) is 0 Å². The summed E-state index contributed by atoms with van der Waals surface area (Å²) in [6, 6.07) is 12.2. The average Bonchev–Trinajstić information content (AvgIpc) is 2.58. The zero-order valence-electron chi connectivity index (χ0n) is 14.8. The molecule has 0 aliphatic rings. The molecule has 1 unspecified atom stereocenters. The van der Waals surface area contributed by atoms with E-state index in [-0.39, 0.29) is 5.82 Å². The van der Waals surface area contributed by atoms with Gasteiger partial charge < -0.3 is 15.1 Å². The normalized spacial score (nSPS) is 12.0. The maximum absolute atomic E-state index is 13.5. The Labute approximate surface area is 147 Å². The third-order valence-corrected chi connectivity index (χ3v) is 3.64. The summed E-state index contributed by atoms with van der Waals surface area (Å²) in [5.41, 5.74) is 2.84. The number of anilines is 2. The fourth-order valence-electron chi connectivity index (χ4n) is 2.00. The van der Waals surface area contributed by atoms with E-state index in [1.165, 1.54) is 12.3 Å². The van der Waals surface area contributed by atoms with Crippen molar-refractivity contribution >= 4 is 23.5 Å². The Morgan fingerprint density at radius 1 is 1.24 bits per heavy atom. The fraction of sp³-hybridized carbons (Fsp3) is 0.263. The molecule has 2 aromatic carbocycles. The van der Waals surface area contributed by atoms with Gasteiger partial charge in [-0.3, -0.25) is 4.79 Å². The average molecular weight is 343 g/mol. The molecule has 1 amide bonds. The number of amides is 1. The van der Waals surface area contributed by atoms with Crippen LogP contribution in [0.25, 0.3) is 0 Å². The number of nitrogens with one attached hydrogen (secondary N) is 1. The molecule has 6 heteroatoms. The van der Waals surface area contributed by atoms with E-state index in [1.54, 1.807) is 26.0 Å². The van der Waals surface area contributed by atoms with E-state index in [1.807, 2.05) is 43.3 Å². The van der Waals surface area contributed by atoms with Crippen molar-refractivity contribution in [1.29, 1.82) is 0 Å². The molecule has 0 saturated carbocycles. The second-order valence-corrected chi connectivity index (χ2v) is 5.92. The third kappa shape index (κ3) is 5.31. The molecule has 0 aromatic heterocycles. The van der Waals surface area contributed by atoms with Crippen molar-refractivity contribution in [3.63, 3.8) is 0 Å². The number of rotatable bonds is 6. The lowest BCUT2D eigenvalue weighted by molar-refractivity contribution is -0.126. The summed E-state index contributed by atoms with van der Waals surface area (Å²) in [5, 5.41) is 6.43. The van der Waals surface area contributed by atoms with Crippen LogP contribution < -0.4 is 10.2 Å². The van der Waals surface area contributed by atoms with Crippen molar-refractivity contribution in [2.75, 3.05) is 24.3 Å². The van der Waals surface area contributed by atoms with Crippen LogP contribution in [0.5, 0.6) is 0 Å². The molecule has 132 valence electrons. The molecule has 2 rings (SSSR count). The lowest BCUT2D eigenvalue weighted by atomic mass is 10.2. The summed E-state index contributed by atoms with van der Waals surface area (Å²) in [6.07, 6.45) is 0.732. The van der Waals surface area contributed by atoms with Gasteiger partial charge in [-0.2, -0.15) is 0 Å². The zero-order valence-corrected chi connectivity index (χ0v) is 14.8. The number of carbonyl (C=O) groups is 1. The topological polar surface area (TPSA) is 53.9 Å². The van der Waals surface area contributed by atoms with Crippen LogP contribution in [0, 0.1) is 12.7 Å². The van der Waals surface area contributed by atoms with Crippen LogP contribution >= 0.6 is 0 Å². The molecule has 0 spiro atoms. The molecule has 5 nitrogen and oxygen atoms in total. The standard InChI is InChI=1S/C19H22FN3O2/c1-13-5-8-16(11-18(13)20)22-19(24)14(2)25-21-12-15-6-9-17(10-7-15)23(3)4/h5-12,14H,1-4H3,(H,22,24)/b21-12+. The van der Waals surface area contributed by atoms with Crippen molar-refractivity contribution in [3.05, 3.63) is 59.4 Å². The molecule has 0 saturated heterocycles. The van der Waals surface area contributed by atoms with E-state index in [2.05, 4.69) is 10.5 Å². The van der Waals surface area contributed by atoms with Crippen LogP contribution in [0.4, 0.5) is 15.8 Å². The second-order valence-electron chi connectivity index (χ2n) is 5.92. The monoisotopic (exact) mass is 343 g/mol. The van der Waals surface area contributed by atoms with Crippen molar-refractivity contribution < 1.29 is 14.0 Å². The van der Waals surface area contributed by atoms with Gasteiger partial charge in [0.25, 0.3) is 5.91 Å². The summed E-state index contributed by atoms with van der Waals surface area (Å²) in [4.78, 5) is 19.2. The number of nitrogens with zero attached hydrogens (tertiary/aromatic N) is 2. The Bertz CT molecular complexity index is 758. The summed E-state index contributed by atoms with van der Waals surface area (Å²) < 4.78 is 13.5. The smallest absolute Gasteiger partial charge is 0.267 e. The predicted octanol–water partition coefficient (Wildman–Crippen LogP) is 3.58. The van der Waals surface area contributed by atoms with Gasteiger partial charge in [0.05, 0.1) is 6.21 Å². The van der Waals surface area contributed by atoms with Gasteiger partial charge in [-0.05, 0) is 49.2 Å². The second kappa shape index (κ2) is 8.28. The molecule has 2 aromatic rings. The Balaban J connectivity index is 1.88. The van der Waals surface area contributed by atoms with Crippen molar-refractivity contribution in [3.8, 4) is 0 Å². The lowest BCUT2D eigenvalue weighted by Gasteiger charge is -2.12. The molecular formula is C19H22FN3O2. The molecule has 0 aliphatic carbocycles. The molecule has 0 aliphatic heterocycles. The van der Waals surface area contributed by atoms with Gasteiger partial charge >= 0.3 is 0 Å².